The molecular weight excluding hydrogens is 314 g/mol. The van der Waals surface area contributed by atoms with Gasteiger partial charge in [-0.15, -0.1) is 0 Å². The number of pyridine rings is 1. The SMILES string of the molecule is Cc1cnccc1N1C[C@@H]2[C@H](CNC(=O)C(C)(C)C)[C@H]3CC[C@]2(C1)O3. The molecule has 3 fully saturated rings. The number of nitrogens with zero attached hydrogens (tertiary/aromatic N) is 2. The Balaban J connectivity index is 1.50. The van der Waals surface area contributed by atoms with Crippen molar-refractivity contribution in [3.05, 3.63) is 24.0 Å². The topological polar surface area (TPSA) is 54.5 Å². The molecule has 0 radical (unpaired) electrons. The van der Waals surface area contributed by atoms with Crippen molar-refractivity contribution in [2.45, 2.75) is 52.2 Å². The normalized spacial score (nSPS) is 33.6. The number of amides is 1. The number of rotatable bonds is 3. The molecule has 1 aromatic rings. The van der Waals surface area contributed by atoms with E-state index in [4.69, 9.17) is 4.74 Å². The van der Waals surface area contributed by atoms with Gasteiger partial charge in [0, 0.05) is 55.0 Å². The number of carbonyl (C=O) groups is 1. The van der Waals surface area contributed by atoms with Crippen LogP contribution in [0.2, 0.25) is 0 Å². The molecule has 5 nitrogen and oxygen atoms in total. The van der Waals surface area contributed by atoms with Crippen LogP contribution in [0.4, 0.5) is 5.69 Å². The van der Waals surface area contributed by atoms with Crippen LogP contribution < -0.4 is 10.2 Å². The van der Waals surface area contributed by atoms with Crippen LogP contribution in [0.15, 0.2) is 18.5 Å². The molecule has 0 unspecified atom stereocenters. The molecule has 3 aliphatic heterocycles. The van der Waals surface area contributed by atoms with Gasteiger partial charge in [-0.25, -0.2) is 0 Å². The first-order valence-corrected chi connectivity index (χ1v) is 9.42. The van der Waals surface area contributed by atoms with Crippen LogP contribution in [-0.4, -0.2) is 42.2 Å². The average Bonchev–Trinajstić information content (AvgIpc) is 3.20. The average molecular weight is 343 g/mol. The summed E-state index contributed by atoms with van der Waals surface area (Å²) in [6, 6.07) is 2.11. The van der Waals surface area contributed by atoms with Crippen LogP contribution in [-0.2, 0) is 9.53 Å². The van der Waals surface area contributed by atoms with Crippen molar-refractivity contribution in [1.82, 2.24) is 10.3 Å². The van der Waals surface area contributed by atoms with Crippen molar-refractivity contribution in [3.8, 4) is 0 Å². The Morgan fingerprint density at radius 2 is 2.28 bits per heavy atom. The first-order valence-electron chi connectivity index (χ1n) is 9.42. The number of anilines is 1. The fourth-order valence-electron chi connectivity index (χ4n) is 4.94. The van der Waals surface area contributed by atoms with E-state index in [1.807, 2.05) is 33.2 Å². The zero-order chi connectivity index (χ0) is 17.8. The number of hydrogen-bond donors (Lipinski definition) is 1. The lowest BCUT2D eigenvalue weighted by atomic mass is 9.73. The molecule has 136 valence electrons. The Morgan fingerprint density at radius 3 is 3.00 bits per heavy atom. The summed E-state index contributed by atoms with van der Waals surface area (Å²) >= 11 is 0. The van der Waals surface area contributed by atoms with Crippen LogP contribution in [0.5, 0.6) is 0 Å². The summed E-state index contributed by atoms with van der Waals surface area (Å²) in [5.41, 5.74) is 2.12. The van der Waals surface area contributed by atoms with Gasteiger partial charge < -0.3 is 15.0 Å². The van der Waals surface area contributed by atoms with Gasteiger partial charge in [-0.1, -0.05) is 20.8 Å². The first-order chi connectivity index (χ1) is 11.8. The number of nitrogens with one attached hydrogen (secondary N) is 1. The zero-order valence-electron chi connectivity index (χ0n) is 15.7. The van der Waals surface area contributed by atoms with Gasteiger partial charge in [-0.3, -0.25) is 9.78 Å². The summed E-state index contributed by atoms with van der Waals surface area (Å²) in [5, 5.41) is 3.18. The predicted octanol–water partition coefficient (Wildman–Crippen LogP) is 2.54. The molecule has 3 aliphatic rings. The number of ether oxygens (including phenoxy) is 1. The van der Waals surface area contributed by atoms with Gasteiger partial charge in [0.05, 0.1) is 11.7 Å². The first kappa shape index (κ1) is 16.8. The van der Waals surface area contributed by atoms with Crippen LogP contribution in [0.25, 0.3) is 0 Å². The maximum atomic E-state index is 12.3. The van der Waals surface area contributed by atoms with E-state index in [1.54, 1.807) is 0 Å². The lowest BCUT2D eigenvalue weighted by Crippen LogP contribution is -2.44. The van der Waals surface area contributed by atoms with E-state index in [-0.39, 0.29) is 16.9 Å². The maximum absolute atomic E-state index is 12.3. The monoisotopic (exact) mass is 343 g/mol. The Bertz CT molecular complexity index is 684. The lowest BCUT2D eigenvalue weighted by Gasteiger charge is -2.30. The summed E-state index contributed by atoms with van der Waals surface area (Å²) < 4.78 is 6.50. The molecule has 3 saturated heterocycles. The highest BCUT2D eigenvalue weighted by Gasteiger charge is 2.63. The lowest BCUT2D eigenvalue weighted by molar-refractivity contribution is -0.128. The van der Waals surface area contributed by atoms with Gasteiger partial charge >= 0.3 is 0 Å². The molecule has 1 aromatic heterocycles. The Hall–Kier alpha value is -1.62. The highest BCUT2D eigenvalue weighted by Crippen LogP contribution is 2.55. The van der Waals surface area contributed by atoms with Crippen molar-refractivity contribution >= 4 is 11.6 Å². The van der Waals surface area contributed by atoms with E-state index in [1.165, 1.54) is 11.3 Å². The van der Waals surface area contributed by atoms with Crippen LogP contribution in [0, 0.1) is 24.2 Å². The fourth-order valence-corrected chi connectivity index (χ4v) is 4.94. The molecule has 0 aliphatic carbocycles. The van der Waals surface area contributed by atoms with Crippen molar-refractivity contribution in [3.63, 3.8) is 0 Å². The number of hydrogen-bond acceptors (Lipinski definition) is 4. The van der Waals surface area contributed by atoms with Crippen molar-refractivity contribution < 1.29 is 9.53 Å². The van der Waals surface area contributed by atoms with Gasteiger partial charge in [-0.2, -0.15) is 0 Å². The molecule has 25 heavy (non-hydrogen) atoms. The molecular formula is C20H29N3O2. The van der Waals surface area contributed by atoms with Crippen molar-refractivity contribution in [1.29, 1.82) is 0 Å². The van der Waals surface area contributed by atoms with E-state index in [2.05, 4.69) is 28.2 Å². The molecule has 1 amide bonds. The van der Waals surface area contributed by atoms with Crippen LogP contribution in [0.1, 0.15) is 39.2 Å². The molecule has 1 N–H and O–H groups in total. The summed E-state index contributed by atoms with van der Waals surface area (Å²) in [4.78, 5) is 19.0. The van der Waals surface area contributed by atoms with E-state index >= 15 is 0 Å². The number of aryl methyl sites for hydroxylation is 1. The number of fused-ring (bicyclic) bond motifs is 1. The molecule has 5 heteroatoms. The molecule has 0 aromatic carbocycles. The quantitative estimate of drug-likeness (QED) is 0.916. The Kier molecular flexibility index (Phi) is 3.83. The summed E-state index contributed by atoms with van der Waals surface area (Å²) in [6.45, 7) is 10.7. The second kappa shape index (κ2) is 5.70. The van der Waals surface area contributed by atoms with E-state index < -0.39 is 0 Å². The van der Waals surface area contributed by atoms with E-state index in [9.17, 15) is 4.79 Å². The zero-order valence-corrected chi connectivity index (χ0v) is 15.7. The third-order valence-corrected chi connectivity index (χ3v) is 6.29. The molecule has 0 saturated carbocycles. The maximum Gasteiger partial charge on any atom is 0.225 e. The third-order valence-electron chi connectivity index (χ3n) is 6.29. The molecule has 4 heterocycles. The van der Waals surface area contributed by atoms with Crippen LogP contribution >= 0.6 is 0 Å². The molecule has 4 atom stereocenters. The highest BCUT2D eigenvalue weighted by molar-refractivity contribution is 5.81. The summed E-state index contributed by atoms with van der Waals surface area (Å²) in [7, 11) is 0. The van der Waals surface area contributed by atoms with Crippen molar-refractivity contribution in [2.75, 3.05) is 24.5 Å². The molecule has 4 rings (SSSR count). The molecule has 2 bridgehead atoms. The van der Waals surface area contributed by atoms with Gasteiger partial charge in [0.2, 0.25) is 5.91 Å². The Labute approximate surface area is 150 Å². The van der Waals surface area contributed by atoms with Gasteiger partial charge in [-0.05, 0) is 31.4 Å². The fraction of sp³-hybridized carbons (Fsp3) is 0.700. The summed E-state index contributed by atoms with van der Waals surface area (Å²) in [6.07, 6.45) is 6.38. The largest absolute Gasteiger partial charge is 0.369 e. The predicted molar refractivity (Wildman–Crippen MR) is 97.5 cm³/mol. The second-order valence-electron chi connectivity index (χ2n) is 9.03. The van der Waals surface area contributed by atoms with Crippen LogP contribution in [0.3, 0.4) is 0 Å². The molecule has 1 spiro atoms. The van der Waals surface area contributed by atoms with Gasteiger partial charge in [0.1, 0.15) is 0 Å². The standard InChI is InChI=1S/C20H29N3O2/c1-13-9-21-8-6-16(13)23-11-15-14(10-22-18(24)19(2,3)4)17-5-7-20(15,12-23)25-17/h6,8-9,14-15,17H,5,7,10-12H2,1-4H3,(H,22,24)/t14-,15+,17+,20+/m0/s1. The minimum absolute atomic E-state index is 0.0164. The minimum atomic E-state index is -0.341. The van der Waals surface area contributed by atoms with Crippen molar-refractivity contribution in [2.24, 2.45) is 17.3 Å². The van der Waals surface area contributed by atoms with E-state index in [0.29, 0.717) is 17.9 Å². The van der Waals surface area contributed by atoms with Gasteiger partial charge in [0.15, 0.2) is 0 Å². The van der Waals surface area contributed by atoms with E-state index in [0.717, 1.165) is 32.5 Å². The highest BCUT2D eigenvalue weighted by atomic mass is 16.5. The smallest absolute Gasteiger partial charge is 0.225 e. The Morgan fingerprint density at radius 1 is 1.48 bits per heavy atom. The number of aromatic nitrogens is 1. The minimum Gasteiger partial charge on any atom is -0.369 e. The van der Waals surface area contributed by atoms with Gasteiger partial charge in [0.25, 0.3) is 0 Å². The second-order valence-corrected chi connectivity index (χ2v) is 9.03. The summed E-state index contributed by atoms with van der Waals surface area (Å²) in [5.74, 6) is 1.05. The third kappa shape index (κ3) is 2.73. The number of carbonyl (C=O) groups excluding carboxylic acids is 1.